The molecular formula is C15H20N4O2. The number of nitrogens with zero attached hydrogens (tertiary/aromatic N) is 3. The Hall–Kier alpha value is -2.21. The number of benzene rings is 1. The molecule has 0 fully saturated rings. The molecule has 0 aliphatic heterocycles. The van der Waals surface area contributed by atoms with E-state index >= 15 is 0 Å². The molecule has 1 aromatic heterocycles. The first kappa shape index (κ1) is 15.2. The van der Waals surface area contributed by atoms with E-state index in [1.807, 2.05) is 45.0 Å². The summed E-state index contributed by atoms with van der Waals surface area (Å²) in [7, 11) is 1.58. The fraction of sp³-hybridized carbons (Fsp3) is 0.400. The number of carbonyl (C=O) groups excluding carboxylic acids is 1. The number of carbonyl (C=O) groups is 1. The van der Waals surface area contributed by atoms with Crippen LogP contribution in [-0.4, -0.2) is 34.1 Å². The lowest BCUT2D eigenvalue weighted by Gasteiger charge is -2.09. The van der Waals surface area contributed by atoms with Crippen molar-refractivity contribution in [2.45, 2.75) is 33.4 Å². The first-order valence-electron chi connectivity index (χ1n) is 6.84. The molecule has 1 aromatic carbocycles. The molecule has 6 heteroatoms. The molecule has 0 saturated carbocycles. The third-order valence-corrected chi connectivity index (χ3v) is 2.96. The smallest absolute Gasteiger partial charge is 0.274 e. The minimum absolute atomic E-state index is 0.0393. The zero-order valence-electron chi connectivity index (χ0n) is 12.8. The molecule has 0 atom stereocenters. The van der Waals surface area contributed by atoms with Gasteiger partial charge >= 0.3 is 0 Å². The first-order valence-corrected chi connectivity index (χ1v) is 6.84. The van der Waals surface area contributed by atoms with Gasteiger partial charge in [-0.3, -0.25) is 4.79 Å². The van der Waals surface area contributed by atoms with Gasteiger partial charge in [-0.2, -0.15) is 0 Å². The molecule has 2 aromatic rings. The largest absolute Gasteiger partial charge is 0.378 e. The number of nitrogens with one attached hydrogen (secondary N) is 1. The van der Waals surface area contributed by atoms with Crippen molar-refractivity contribution < 1.29 is 9.53 Å². The molecule has 0 spiro atoms. The summed E-state index contributed by atoms with van der Waals surface area (Å²) in [5, 5.41) is 10.9. The number of hydrogen-bond donors (Lipinski definition) is 1. The number of methoxy groups -OCH3 is 1. The lowest BCUT2D eigenvalue weighted by atomic mass is 10.2. The minimum atomic E-state index is -0.240. The van der Waals surface area contributed by atoms with Crippen molar-refractivity contribution in [3.05, 3.63) is 41.2 Å². The topological polar surface area (TPSA) is 69.0 Å². The van der Waals surface area contributed by atoms with Gasteiger partial charge in [0.2, 0.25) is 0 Å². The van der Waals surface area contributed by atoms with Gasteiger partial charge in [-0.1, -0.05) is 22.9 Å². The Morgan fingerprint density at radius 2 is 2.00 bits per heavy atom. The summed E-state index contributed by atoms with van der Waals surface area (Å²) in [5.41, 5.74) is 2.94. The van der Waals surface area contributed by atoms with Crippen LogP contribution in [-0.2, 0) is 11.3 Å². The van der Waals surface area contributed by atoms with E-state index in [1.165, 1.54) is 0 Å². The lowest BCUT2D eigenvalue weighted by molar-refractivity contribution is 0.0932. The van der Waals surface area contributed by atoms with Crippen molar-refractivity contribution in [1.29, 1.82) is 0 Å². The van der Waals surface area contributed by atoms with Gasteiger partial charge in [0, 0.05) is 13.2 Å². The van der Waals surface area contributed by atoms with Crippen molar-refractivity contribution in [3.8, 4) is 5.69 Å². The molecule has 0 aliphatic carbocycles. The monoisotopic (exact) mass is 288 g/mol. The highest BCUT2D eigenvalue weighted by Gasteiger charge is 2.20. The van der Waals surface area contributed by atoms with E-state index in [0.717, 1.165) is 11.3 Å². The number of aryl methyl sites for hydroxylation is 1. The first-order chi connectivity index (χ1) is 10.0. The Kier molecular flexibility index (Phi) is 4.70. The van der Waals surface area contributed by atoms with Crippen LogP contribution in [0.25, 0.3) is 5.69 Å². The summed E-state index contributed by atoms with van der Waals surface area (Å²) >= 11 is 0. The standard InChI is InChI=1S/C15H20N4O2/c1-10(2)16-15(20)14-13(9-21-4)19(18-17-14)12-7-5-11(3)6-8-12/h5-8,10H,9H2,1-4H3,(H,16,20). The molecule has 21 heavy (non-hydrogen) atoms. The predicted molar refractivity (Wildman–Crippen MR) is 79.4 cm³/mol. The SMILES string of the molecule is COCc1c(C(=O)NC(C)C)nnn1-c1ccc(C)cc1. The van der Waals surface area contributed by atoms with Gasteiger partial charge in [0.1, 0.15) is 5.69 Å². The lowest BCUT2D eigenvalue weighted by Crippen LogP contribution is -2.31. The van der Waals surface area contributed by atoms with Gasteiger partial charge < -0.3 is 10.1 Å². The van der Waals surface area contributed by atoms with Crippen LogP contribution in [0.3, 0.4) is 0 Å². The van der Waals surface area contributed by atoms with E-state index in [-0.39, 0.29) is 18.6 Å². The Morgan fingerprint density at radius 3 is 2.57 bits per heavy atom. The fourth-order valence-corrected chi connectivity index (χ4v) is 1.97. The quantitative estimate of drug-likeness (QED) is 0.911. The predicted octanol–water partition coefficient (Wildman–Crippen LogP) is 1.86. The van der Waals surface area contributed by atoms with Crippen LogP contribution in [0.15, 0.2) is 24.3 Å². The molecule has 1 heterocycles. The molecule has 2 rings (SSSR count). The maximum Gasteiger partial charge on any atom is 0.274 e. The third-order valence-electron chi connectivity index (χ3n) is 2.96. The molecule has 0 bridgehead atoms. The normalized spacial score (nSPS) is 10.9. The summed E-state index contributed by atoms with van der Waals surface area (Å²) in [6, 6.07) is 7.89. The molecule has 0 saturated heterocycles. The second kappa shape index (κ2) is 6.49. The van der Waals surface area contributed by atoms with Crippen LogP contribution in [0.1, 0.15) is 35.6 Å². The van der Waals surface area contributed by atoms with Gasteiger partial charge in [-0.25, -0.2) is 4.68 Å². The number of rotatable bonds is 5. The molecular weight excluding hydrogens is 268 g/mol. The second-order valence-electron chi connectivity index (χ2n) is 5.19. The Morgan fingerprint density at radius 1 is 1.33 bits per heavy atom. The van der Waals surface area contributed by atoms with E-state index in [1.54, 1.807) is 11.8 Å². The second-order valence-corrected chi connectivity index (χ2v) is 5.19. The number of amides is 1. The van der Waals surface area contributed by atoms with Crippen molar-refractivity contribution in [2.24, 2.45) is 0 Å². The Bertz CT molecular complexity index is 617. The zero-order chi connectivity index (χ0) is 15.4. The van der Waals surface area contributed by atoms with Gasteiger partial charge in [0.15, 0.2) is 5.69 Å². The highest BCUT2D eigenvalue weighted by Crippen LogP contribution is 2.15. The van der Waals surface area contributed by atoms with E-state index in [9.17, 15) is 4.79 Å². The maximum atomic E-state index is 12.2. The summed E-state index contributed by atoms with van der Waals surface area (Å²) in [4.78, 5) is 12.2. The molecule has 0 aliphatic rings. The zero-order valence-corrected chi connectivity index (χ0v) is 12.8. The van der Waals surface area contributed by atoms with E-state index < -0.39 is 0 Å². The van der Waals surface area contributed by atoms with Crippen LogP contribution < -0.4 is 5.32 Å². The van der Waals surface area contributed by atoms with E-state index in [4.69, 9.17) is 4.74 Å². The maximum absolute atomic E-state index is 12.2. The summed E-state index contributed by atoms with van der Waals surface area (Å²) < 4.78 is 6.82. The van der Waals surface area contributed by atoms with Gasteiger partial charge in [-0.15, -0.1) is 5.10 Å². The average Bonchev–Trinajstić information content (AvgIpc) is 2.83. The fourth-order valence-electron chi connectivity index (χ4n) is 1.97. The van der Waals surface area contributed by atoms with E-state index in [2.05, 4.69) is 15.6 Å². The average molecular weight is 288 g/mol. The highest BCUT2D eigenvalue weighted by molar-refractivity contribution is 5.93. The van der Waals surface area contributed by atoms with Crippen LogP contribution in [0, 0.1) is 6.92 Å². The van der Waals surface area contributed by atoms with E-state index in [0.29, 0.717) is 11.4 Å². The van der Waals surface area contributed by atoms with Gasteiger partial charge in [0.25, 0.3) is 5.91 Å². The van der Waals surface area contributed by atoms with Crippen LogP contribution >= 0.6 is 0 Å². The van der Waals surface area contributed by atoms with Crippen LogP contribution in [0.4, 0.5) is 0 Å². The molecule has 1 N–H and O–H groups in total. The van der Waals surface area contributed by atoms with Crippen molar-refractivity contribution in [2.75, 3.05) is 7.11 Å². The summed E-state index contributed by atoms with van der Waals surface area (Å²) in [5.74, 6) is -0.240. The van der Waals surface area contributed by atoms with Crippen molar-refractivity contribution >= 4 is 5.91 Å². The van der Waals surface area contributed by atoms with Crippen LogP contribution in [0.5, 0.6) is 0 Å². The van der Waals surface area contributed by atoms with Gasteiger partial charge in [-0.05, 0) is 32.9 Å². The van der Waals surface area contributed by atoms with Crippen LogP contribution in [0.2, 0.25) is 0 Å². The Labute approximate surface area is 124 Å². The third kappa shape index (κ3) is 3.46. The van der Waals surface area contributed by atoms with Gasteiger partial charge in [0.05, 0.1) is 12.3 Å². The number of ether oxygens (including phenoxy) is 1. The van der Waals surface area contributed by atoms with Crippen molar-refractivity contribution in [3.63, 3.8) is 0 Å². The minimum Gasteiger partial charge on any atom is -0.378 e. The molecule has 112 valence electrons. The molecule has 1 amide bonds. The molecule has 6 nitrogen and oxygen atoms in total. The number of aromatic nitrogens is 3. The summed E-state index contributed by atoms with van der Waals surface area (Å²) in [6.07, 6.45) is 0. The molecule has 0 unspecified atom stereocenters. The van der Waals surface area contributed by atoms with Crippen molar-refractivity contribution in [1.82, 2.24) is 20.3 Å². The number of hydrogen-bond acceptors (Lipinski definition) is 4. The highest BCUT2D eigenvalue weighted by atomic mass is 16.5. The summed E-state index contributed by atoms with van der Waals surface area (Å²) in [6.45, 7) is 6.08. The molecule has 0 radical (unpaired) electrons. The Balaban J connectivity index is 2.41.